The van der Waals surface area contributed by atoms with E-state index in [9.17, 15) is 4.79 Å². The lowest BCUT2D eigenvalue weighted by molar-refractivity contribution is 0.134. The van der Waals surface area contributed by atoms with Crippen molar-refractivity contribution in [2.45, 2.75) is 57.9 Å². The zero-order chi connectivity index (χ0) is 13.4. The maximum atomic E-state index is 11.9. The number of aliphatic hydroxyl groups excluding tert-OH is 1. The SMILES string of the molecule is CCCCCNC(=O)N(C)C1CCC(CO)CC1. The Morgan fingerprint density at radius 3 is 2.50 bits per heavy atom. The van der Waals surface area contributed by atoms with Crippen molar-refractivity contribution < 1.29 is 9.90 Å². The van der Waals surface area contributed by atoms with E-state index in [1.165, 1.54) is 12.8 Å². The van der Waals surface area contributed by atoms with Gasteiger partial charge >= 0.3 is 6.03 Å². The monoisotopic (exact) mass is 256 g/mol. The van der Waals surface area contributed by atoms with Crippen molar-refractivity contribution in [2.75, 3.05) is 20.2 Å². The van der Waals surface area contributed by atoms with Crippen molar-refractivity contribution in [3.8, 4) is 0 Å². The predicted octanol–water partition coefficient (Wildman–Crippen LogP) is 2.37. The Kier molecular flexibility index (Phi) is 7.09. The summed E-state index contributed by atoms with van der Waals surface area (Å²) in [6.07, 6.45) is 7.52. The molecule has 0 bridgehead atoms. The molecule has 18 heavy (non-hydrogen) atoms. The van der Waals surface area contributed by atoms with E-state index in [0.29, 0.717) is 18.6 Å². The van der Waals surface area contributed by atoms with Crippen LogP contribution in [0.25, 0.3) is 0 Å². The standard InChI is InChI=1S/C14H28N2O2/c1-3-4-5-10-15-14(18)16(2)13-8-6-12(11-17)7-9-13/h12-13,17H,3-11H2,1-2H3,(H,15,18). The number of hydrogen-bond donors (Lipinski definition) is 2. The minimum Gasteiger partial charge on any atom is -0.396 e. The highest BCUT2D eigenvalue weighted by molar-refractivity contribution is 5.74. The van der Waals surface area contributed by atoms with Crippen LogP contribution in [-0.4, -0.2) is 42.3 Å². The first-order chi connectivity index (χ1) is 8.69. The molecule has 1 aliphatic rings. The lowest BCUT2D eigenvalue weighted by Crippen LogP contribution is -2.45. The molecule has 1 fully saturated rings. The van der Waals surface area contributed by atoms with Crippen molar-refractivity contribution in [3.63, 3.8) is 0 Å². The van der Waals surface area contributed by atoms with Crippen LogP contribution < -0.4 is 5.32 Å². The number of rotatable bonds is 6. The van der Waals surface area contributed by atoms with Crippen LogP contribution in [0.2, 0.25) is 0 Å². The first-order valence-electron chi connectivity index (χ1n) is 7.30. The maximum absolute atomic E-state index is 11.9. The van der Waals surface area contributed by atoms with Crippen LogP contribution in [-0.2, 0) is 0 Å². The third kappa shape index (κ3) is 4.84. The second-order valence-corrected chi connectivity index (χ2v) is 5.41. The molecular weight excluding hydrogens is 228 g/mol. The molecule has 1 saturated carbocycles. The van der Waals surface area contributed by atoms with Crippen molar-refractivity contribution in [2.24, 2.45) is 5.92 Å². The Morgan fingerprint density at radius 1 is 1.28 bits per heavy atom. The first kappa shape index (κ1) is 15.3. The molecule has 0 aromatic heterocycles. The molecule has 1 rings (SSSR count). The molecule has 4 nitrogen and oxygen atoms in total. The topological polar surface area (TPSA) is 52.6 Å². The van der Waals surface area contributed by atoms with Gasteiger partial charge in [-0.1, -0.05) is 19.8 Å². The fourth-order valence-electron chi connectivity index (χ4n) is 2.58. The summed E-state index contributed by atoms with van der Waals surface area (Å²) in [6, 6.07) is 0.400. The summed E-state index contributed by atoms with van der Waals surface area (Å²) in [5.41, 5.74) is 0. The van der Waals surface area contributed by atoms with E-state index in [2.05, 4.69) is 12.2 Å². The Morgan fingerprint density at radius 2 is 1.94 bits per heavy atom. The molecule has 106 valence electrons. The minimum absolute atomic E-state index is 0.0542. The molecule has 0 aromatic rings. The van der Waals surface area contributed by atoms with E-state index >= 15 is 0 Å². The van der Waals surface area contributed by atoms with Crippen LogP contribution >= 0.6 is 0 Å². The lowest BCUT2D eigenvalue weighted by Gasteiger charge is -2.34. The summed E-state index contributed by atoms with van der Waals surface area (Å²) < 4.78 is 0. The van der Waals surface area contributed by atoms with E-state index in [4.69, 9.17) is 5.11 Å². The average Bonchev–Trinajstić information content (AvgIpc) is 2.42. The highest BCUT2D eigenvalue weighted by atomic mass is 16.3. The number of nitrogens with zero attached hydrogens (tertiary/aromatic N) is 1. The van der Waals surface area contributed by atoms with Gasteiger partial charge in [0.1, 0.15) is 0 Å². The molecule has 2 N–H and O–H groups in total. The molecule has 0 spiro atoms. The van der Waals surface area contributed by atoms with Crippen LogP contribution in [0, 0.1) is 5.92 Å². The quantitative estimate of drug-likeness (QED) is 0.717. The van der Waals surface area contributed by atoms with E-state index < -0.39 is 0 Å². The van der Waals surface area contributed by atoms with Gasteiger partial charge in [0, 0.05) is 26.2 Å². The van der Waals surface area contributed by atoms with Crippen LogP contribution in [0.1, 0.15) is 51.9 Å². The van der Waals surface area contributed by atoms with Crippen molar-refractivity contribution in [3.05, 3.63) is 0 Å². The fraction of sp³-hybridized carbons (Fsp3) is 0.929. The molecule has 4 heteroatoms. The van der Waals surface area contributed by atoms with Gasteiger partial charge in [-0.15, -0.1) is 0 Å². The van der Waals surface area contributed by atoms with Gasteiger partial charge in [-0.25, -0.2) is 4.79 Å². The predicted molar refractivity (Wildman–Crippen MR) is 73.5 cm³/mol. The molecule has 0 saturated heterocycles. The number of urea groups is 1. The van der Waals surface area contributed by atoms with Gasteiger partial charge < -0.3 is 15.3 Å². The maximum Gasteiger partial charge on any atom is 0.317 e. The molecule has 0 radical (unpaired) electrons. The van der Waals surface area contributed by atoms with Gasteiger partial charge in [0.05, 0.1) is 0 Å². The Balaban J connectivity index is 2.22. The molecule has 0 atom stereocenters. The largest absolute Gasteiger partial charge is 0.396 e. The number of unbranched alkanes of at least 4 members (excludes halogenated alkanes) is 2. The molecule has 0 unspecified atom stereocenters. The third-order valence-corrected chi connectivity index (χ3v) is 4.00. The zero-order valence-corrected chi connectivity index (χ0v) is 11.8. The smallest absolute Gasteiger partial charge is 0.317 e. The minimum atomic E-state index is 0.0542. The fourth-order valence-corrected chi connectivity index (χ4v) is 2.58. The van der Waals surface area contributed by atoms with Crippen LogP contribution in [0.5, 0.6) is 0 Å². The summed E-state index contributed by atoms with van der Waals surface area (Å²) >= 11 is 0. The lowest BCUT2D eigenvalue weighted by atomic mass is 9.86. The highest BCUT2D eigenvalue weighted by Crippen LogP contribution is 2.26. The van der Waals surface area contributed by atoms with E-state index in [1.54, 1.807) is 0 Å². The van der Waals surface area contributed by atoms with Crippen LogP contribution in [0.4, 0.5) is 4.79 Å². The molecule has 1 aliphatic carbocycles. The second kappa shape index (κ2) is 8.35. The summed E-state index contributed by atoms with van der Waals surface area (Å²) in [7, 11) is 1.89. The molecule has 2 amide bonds. The van der Waals surface area contributed by atoms with E-state index in [1.807, 2.05) is 11.9 Å². The molecule has 0 aliphatic heterocycles. The summed E-state index contributed by atoms with van der Waals surface area (Å²) in [5, 5.41) is 12.1. The van der Waals surface area contributed by atoms with Gasteiger partial charge in [-0.05, 0) is 38.0 Å². The second-order valence-electron chi connectivity index (χ2n) is 5.41. The number of carbonyl (C=O) groups is 1. The molecule has 0 aromatic carbocycles. The number of amides is 2. The zero-order valence-electron chi connectivity index (χ0n) is 11.8. The average molecular weight is 256 g/mol. The van der Waals surface area contributed by atoms with Crippen molar-refractivity contribution in [1.82, 2.24) is 10.2 Å². The van der Waals surface area contributed by atoms with Gasteiger partial charge in [0.2, 0.25) is 0 Å². The van der Waals surface area contributed by atoms with Gasteiger partial charge in [-0.2, -0.15) is 0 Å². The Hall–Kier alpha value is -0.770. The van der Waals surface area contributed by atoms with Crippen LogP contribution in [0.3, 0.4) is 0 Å². The molecule has 0 heterocycles. The summed E-state index contributed by atoms with van der Waals surface area (Å²) in [4.78, 5) is 13.8. The summed E-state index contributed by atoms with van der Waals surface area (Å²) in [5.74, 6) is 0.447. The number of aliphatic hydroxyl groups is 1. The Labute approximate surface area is 111 Å². The number of carbonyl (C=O) groups excluding carboxylic acids is 1. The van der Waals surface area contributed by atoms with Gasteiger partial charge in [-0.3, -0.25) is 0 Å². The first-order valence-corrected chi connectivity index (χ1v) is 7.30. The van der Waals surface area contributed by atoms with Crippen molar-refractivity contribution in [1.29, 1.82) is 0 Å². The van der Waals surface area contributed by atoms with Crippen molar-refractivity contribution >= 4 is 6.03 Å². The number of hydrogen-bond acceptors (Lipinski definition) is 2. The molecular formula is C14H28N2O2. The van der Waals surface area contributed by atoms with E-state index in [0.717, 1.165) is 38.6 Å². The third-order valence-electron chi connectivity index (χ3n) is 4.00. The normalized spacial score (nSPS) is 23.7. The Bertz CT molecular complexity index is 238. The van der Waals surface area contributed by atoms with Gasteiger partial charge in [0.15, 0.2) is 0 Å². The van der Waals surface area contributed by atoms with Gasteiger partial charge in [0.25, 0.3) is 0 Å². The van der Waals surface area contributed by atoms with Crippen LogP contribution in [0.15, 0.2) is 0 Å². The highest BCUT2D eigenvalue weighted by Gasteiger charge is 2.25. The number of nitrogens with one attached hydrogen (secondary N) is 1. The van der Waals surface area contributed by atoms with E-state index in [-0.39, 0.29) is 6.03 Å². The summed E-state index contributed by atoms with van der Waals surface area (Å²) in [6.45, 7) is 3.23.